The Kier molecular flexibility index (Phi) is 2.18. The summed E-state index contributed by atoms with van der Waals surface area (Å²) in [6, 6.07) is 14.4. The Hall–Kier alpha value is -1.78. The summed E-state index contributed by atoms with van der Waals surface area (Å²) in [6.45, 7) is 0. The van der Waals surface area contributed by atoms with Gasteiger partial charge in [0.25, 0.3) is 0 Å². The Bertz CT molecular complexity index is 707. The van der Waals surface area contributed by atoms with Crippen molar-refractivity contribution < 1.29 is 0 Å². The molecule has 0 aliphatic rings. The van der Waals surface area contributed by atoms with Crippen molar-refractivity contribution in [3.05, 3.63) is 48.7 Å². The highest BCUT2D eigenvalue weighted by Gasteiger charge is 2.09. The van der Waals surface area contributed by atoms with E-state index < -0.39 is 0 Å². The number of rotatable bonds is 1. The normalized spacial score (nSPS) is 11.3. The maximum atomic E-state index is 4.68. The summed E-state index contributed by atoms with van der Waals surface area (Å²) in [6.07, 6.45) is 1.83. The minimum Gasteiger partial charge on any atom is -0.255 e. The molecule has 0 unspecified atom stereocenters. The standard InChI is InChI=1S/C14H8N2S2/c1-2-5-11-9(4-1)16-14(18-11)13-8-10-12(17-13)6-3-7-15-10/h1-8H. The molecule has 0 atom stereocenters. The van der Waals surface area contributed by atoms with Crippen molar-refractivity contribution in [3.63, 3.8) is 0 Å². The second-order valence-electron chi connectivity index (χ2n) is 3.98. The highest BCUT2D eigenvalue weighted by Crippen LogP contribution is 2.36. The van der Waals surface area contributed by atoms with Gasteiger partial charge in [0.1, 0.15) is 5.01 Å². The van der Waals surface area contributed by atoms with Gasteiger partial charge >= 0.3 is 0 Å². The van der Waals surface area contributed by atoms with E-state index in [0.717, 1.165) is 16.0 Å². The van der Waals surface area contributed by atoms with Crippen LogP contribution in [0.2, 0.25) is 0 Å². The van der Waals surface area contributed by atoms with Crippen LogP contribution in [0, 0.1) is 0 Å². The van der Waals surface area contributed by atoms with Gasteiger partial charge in [0.05, 0.1) is 25.3 Å². The van der Waals surface area contributed by atoms with Crippen LogP contribution in [-0.2, 0) is 0 Å². The van der Waals surface area contributed by atoms with E-state index in [2.05, 4.69) is 40.3 Å². The first kappa shape index (κ1) is 10.2. The second kappa shape index (κ2) is 3.86. The molecule has 0 radical (unpaired) electrons. The summed E-state index contributed by atoms with van der Waals surface area (Å²) in [5, 5.41) is 1.08. The molecule has 4 heteroatoms. The summed E-state index contributed by atoms with van der Waals surface area (Å²) in [4.78, 5) is 10.2. The fraction of sp³-hybridized carbons (Fsp3) is 0. The predicted octanol–water partition coefficient (Wildman–Crippen LogP) is 4.57. The maximum absolute atomic E-state index is 4.68. The summed E-state index contributed by atoms with van der Waals surface area (Å²) >= 11 is 3.49. The molecule has 1 aromatic carbocycles. The highest BCUT2D eigenvalue weighted by molar-refractivity contribution is 7.28. The van der Waals surface area contributed by atoms with Gasteiger partial charge in [0.15, 0.2) is 0 Å². The lowest BCUT2D eigenvalue weighted by molar-refractivity contribution is 1.43. The van der Waals surface area contributed by atoms with E-state index in [9.17, 15) is 0 Å². The maximum Gasteiger partial charge on any atom is 0.134 e. The molecule has 18 heavy (non-hydrogen) atoms. The third-order valence-electron chi connectivity index (χ3n) is 2.79. The smallest absolute Gasteiger partial charge is 0.134 e. The molecular weight excluding hydrogens is 260 g/mol. The second-order valence-corrected chi connectivity index (χ2v) is 6.10. The number of fused-ring (bicyclic) bond motifs is 2. The topological polar surface area (TPSA) is 25.8 Å². The molecule has 86 valence electrons. The Balaban J connectivity index is 1.95. The van der Waals surface area contributed by atoms with Crippen molar-refractivity contribution in [2.24, 2.45) is 0 Å². The Morgan fingerprint density at radius 2 is 1.67 bits per heavy atom. The van der Waals surface area contributed by atoms with E-state index in [1.807, 2.05) is 18.3 Å². The average molecular weight is 268 g/mol. The molecule has 0 N–H and O–H groups in total. The highest BCUT2D eigenvalue weighted by atomic mass is 32.1. The molecule has 4 aromatic rings. The van der Waals surface area contributed by atoms with Crippen molar-refractivity contribution in [1.29, 1.82) is 0 Å². The molecule has 0 spiro atoms. The molecular formula is C14H8N2S2. The van der Waals surface area contributed by atoms with Crippen LogP contribution in [-0.4, -0.2) is 9.97 Å². The molecule has 0 saturated heterocycles. The quantitative estimate of drug-likeness (QED) is 0.505. The van der Waals surface area contributed by atoms with Gasteiger partial charge in [0.2, 0.25) is 0 Å². The minimum absolute atomic E-state index is 1.05. The molecule has 3 aromatic heterocycles. The van der Waals surface area contributed by atoms with Gasteiger partial charge in [-0.05, 0) is 30.3 Å². The number of pyridine rings is 1. The zero-order valence-electron chi connectivity index (χ0n) is 9.33. The third kappa shape index (κ3) is 1.54. The number of benzene rings is 1. The first-order valence-corrected chi connectivity index (χ1v) is 7.24. The monoisotopic (exact) mass is 268 g/mol. The van der Waals surface area contributed by atoms with Crippen LogP contribution in [0.15, 0.2) is 48.7 Å². The van der Waals surface area contributed by atoms with Gasteiger partial charge in [-0.2, -0.15) is 0 Å². The van der Waals surface area contributed by atoms with Crippen LogP contribution in [0.4, 0.5) is 0 Å². The molecule has 0 aliphatic heterocycles. The summed E-state index contributed by atoms with van der Waals surface area (Å²) < 4.78 is 2.45. The van der Waals surface area contributed by atoms with Crippen LogP contribution in [0.5, 0.6) is 0 Å². The number of nitrogens with zero attached hydrogens (tertiary/aromatic N) is 2. The van der Waals surface area contributed by atoms with Crippen LogP contribution in [0.3, 0.4) is 0 Å². The van der Waals surface area contributed by atoms with Crippen molar-refractivity contribution in [2.75, 3.05) is 0 Å². The van der Waals surface area contributed by atoms with Crippen LogP contribution < -0.4 is 0 Å². The summed E-state index contributed by atoms with van der Waals surface area (Å²) in [7, 11) is 0. The lowest BCUT2D eigenvalue weighted by Gasteiger charge is -1.84. The number of aromatic nitrogens is 2. The van der Waals surface area contributed by atoms with Crippen LogP contribution in [0.1, 0.15) is 0 Å². The van der Waals surface area contributed by atoms with Crippen molar-refractivity contribution in [3.8, 4) is 9.88 Å². The molecule has 0 bridgehead atoms. The summed E-state index contributed by atoms with van der Waals surface area (Å²) in [5.41, 5.74) is 2.12. The van der Waals surface area contributed by atoms with Gasteiger partial charge in [-0.3, -0.25) is 4.98 Å². The SMILES string of the molecule is c1ccc2sc(-c3cc4ncccc4s3)nc2c1. The molecule has 0 amide bonds. The van der Waals surface area contributed by atoms with Gasteiger partial charge in [-0.15, -0.1) is 22.7 Å². The largest absolute Gasteiger partial charge is 0.255 e. The van der Waals surface area contributed by atoms with Gasteiger partial charge in [0, 0.05) is 6.20 Å². The number of para-hydroxylation sites is 1. The average Bonchev–Trinajstić information content (AvgIpc) is 3.02. The van der Waals surface area contributed by atoms with E-state index in [4.69, 9.17) is 0 Å². The van der Waals surface area contributed by atoms with E-state index in [1.54, 1.807) is 22.7 Å². The van der Waals surface area contributed by atoms with E-state index in [-0.39, 0.29) is 0 Å². The zero-order valence-corrected chi connectivity index (χ0v) is 11.0. The first-order valence-electron chi connectivity index (χ1n) is 5.61. The molecule has 3 heterocycles. The minimum atomic E-state index is 1.05. The van der Waals surface area contributed by atoms with E-state index in [0.29, 0.717) is 0 Å². The fourth-order valence-corrected chi connectivity index (χ4v) is 3.98. The first-order chi connectivity index (χ1) is 8.90. The van der Waals surface area contributed by atoms with Gasteiger partial charge in [-0.1, -0.05) is 12.1 Å². The lowest BCUT2D eigenvalue weighted by Crippen LogP contribution is -1.69. The summed E-state index contributed by atoms with van der Waals surface area (Å²) in [5.74, 6) is 0. The molecule has 2 nitrogen and oxygen atoms in total. The van der Waals surface area contributed by atoms with Crippen molar-refractivity contribution in [2.45, 2.75) is 0 Å². The van der Waals surface area contributed by atoms with Crippen molar-refractivity contribution >= 4 is 43.1 Å². The third-order valence-corrected chi connectivity index (χ3v) is 5.09. The fourth-order valence-electron chi connectivity index (χ4n) is 1.95. The molecule has 0 fully saturated rings. The van der Waals surface area contributed by atoms with Gasteiger partial charge < -0.3 is 0 Å². The predicted molar refractivity (Wildman–Crippen MR) is 78.2 cm³/mol. The number of hydrogen-bond donors (Lipinski definition) is 0. The van der Waals surface area contributed by atoms with Gasteiger partial charge in [-0.25, -0.2) is 4.98 Å². The van der Waals surface area contributed by atoms with E-state index >= 15 is 0 Å². The van der Waals surface area contributed by atoms with Crippen LogP contribution >= 0.6 is 22.7 Å². The molecule has 4 rings (SSSR count). The van der Waals surface area contributed by atoms with Crippen molar-refractivity contribution in [1.82, 2.24) is 9.97 Å². The Morgan fingerprint density at radius 3 is 2.56 bits per heavy atom. The Morgan fingerprint density at radius 1 is 0.833 bits per heavy atom. The molecule has 0 aliphatic carbocycles. The van der Waals surface area contributed by atoms with Crippen LogP contribution in [0.25, 0.3) is 30.3 Å². The van der Waals surface area contributed by atoms with E-state index in [1.165, 1.54) is 14.3 Å². The number of hydrogen-bond acceptors (Lipinski definition) is 4. The number of thiophene rings is 1. The lowest BCUT2D eigenvalue weighted by atomic mass is 10.3. The number of thiazole rings is 1. The zero-order chi connectivity index (χ0) is 11.9. The molecule has 0 saturated carbocycles. The Labute approximate surface area is 112 Å².